The van der Waals surface area contributed by atoms with Crippen LogP contribution >= 0.6 is 0 Å². The molecule has 122 valence electrons. The average molecular weight is 311 g/mol. The SMILES string of the molecule is CC(C)N[C@@H]1CC(c2ccccc2)(c2ccccc2)[C@@H](O)[C@H]1O. The van der Waals surface area contributed by atoms with Crippen LogP contribution in [0.25, 0.3) is 0 Å². The van der Waals surface area contributed by atoms with Crippen molar-refractivity contribution >= 4 is 0 Å². The van der Waals surface area contributed by atoms with Crippen molar-refractivity contribution in [2.24, 2.45) is 0 Å². The van der Waals surface area contributed by atoms with Gasteiger partial charge in [-0.1, -0.05) is 74.5 Å². The van der Waals surface area contributed by atoms with E-state index in [1.165, 1.54) is 0 Å². The Morgan fingerprint density at radius 2 is 1.39 bits per heavy atom. The molecular weight excluding hydrogens is 286 g/mol. The topological polar surface area (TPSA) is 52.5 Å². The van der Waals surface area contributed by atoms with Gasteiger partial charge in [0.15, 0.2) is 0 Å². The van der Waals surface area contributed by atoms with Crippen LogP contribution in [0.4, 0.5) is 0 Å². The molecule has 1 fully saturated rings. The lowest BCUT2D eigenvalue weighted by Gasteiger charge is -2.34. The van der Waals surface area contributed by atoms with Crippen molar-refractivity contribution in [1.82, 2.24) is 5.32 Å². The molecule has 1 aliphatic carbocycles. The monoisotopic (exact) mass is 311 g/mol. The molecule has 0 saturated heterocycles. The summed E-state index contributed by atoms with van der Waals surface area (Å²) in [6, 6.07) is 20.2. The van der Waals surface area contributed by atoms with E-state index in [1.54, 1.807) is 0 Å². The van der Waals surface area contributed by atoms with Gasteiger partial charge in [0.1, 0.15) is 0 Å². The molecular formula is C20H25NO2. The zero-order chi connectivity index (χ0) is 16.4. The van der Waals surface area contributed by atoms with Gasteiger partial charge in [-0.25, -0.2) is 0 Å². The van der Waals surface area contributed by atoms with E-state index in [-0.39, 0.29) is 12.1 Å². The van der Waals surface area contributed by atoms with Crippen LogP contribution in [0.3, 0.4) is 0 Å². The average Bonchev–Trinajstić information content (AvgIpc) is 2.82. The first-order valence-electron chi connectivity index (χ1n) is 8.29. The fraction of sp³-hybridized carbons (Fsp3) is 0.400. The summed E-state index contributed by atoms with van der Waals surface area (Å²) in [5.74, 6) is 0. The molecule has 3 rings (SSSR count). The minimum Gasteiger partial charge on any atom is -0.389 e. The smallest absolute Gasteiger partial charge is 0.0964 e. The maximum absolute atomic E-state index is 11.0. The Morgan fingerprint density at radius 1 is 0.913 bits per heavy atom. The third kappa shape index (κ3) is 2.80. The normalized spacial score (nSPS) is 26.6. The predicted octanol–water partition coefficient (Wildman–Crippen LogP) is 2.46. The van der Waals surface area contributed by atoms with E-state index in [0.717, 1.165) is 11.1 Å². The van der Waals surface area contributed by atoms with Gasteiger partial charge in [-0.3, -0.25) is 0 Å². The number of nitrogens with one attached hydrogen (secondary N) is 1. The number of hydrogen-bond acceptors (Lipinski definition) is 3. The van der Waals surface area contributed by atoms with E-state index in [2.05, 4.69) is 19.2 Å². The molecule has 3 N–H and O–H groups in total. The molecule has 0 bridgehead atoms. The molecule has 1 aliphatic rings. The van der Waals surface area contributed by atoms with E-state index in [0.29, 0.717) is 6.42 Å². The Bertz CT molecular complexity index is 587. The molecule has 2 aromatic rings. The quantitative estimate of drug-likeness (QED) is 0.813. The van der Waals surface area contributed by atoms with Gasteiger partial charge >= 0.3 is 0 Å². The Hall–Kier alpha value is -1.68. The maximum Gasteiger partial charge on any atom is 0.0964 e. The summed E-state index contributed by atoms with van der Waals surface area (Å²) in [6.07, 6.45) is -0.969. The lowest BCUT2D eigenvalue weighted by atomic mass is 9.71. The van der Waals surface area contributed by atoms with Gasteiger partial charge in [0.05, 0.1) is 17.6 Å². The molecule has 2 aromatic carbocycles. The number of hydrogen-bond donors (Lipinski definition) is 3. The summed E-state index contributed by atoms with van der Waals surface area (Å²) in [6.45, 7) is 4.12. The van der Waals surface area contributed by atoms with Crippen molar-refractivity contribution in [1.29, 1.82) is 0 Å². The van der Waals surface area contributed by atoms with Gasteiger partial charge in [0.2, 0.25) is 0 Å². The summed E-state index contributed by atoms with van der Waals surface area (Å²) in [5.41, 5.74) is 1.51. The Labute approximate surface area is 138 Å². The van der Waals surface area contributed by atoms with E-state index in [9.17, 15) is 10.2 Å². The van der Waals surface area contributed by atoms with Gasteiger partial charge in [-0.2, -0.15) is 0 Å². The van der Waals surface area contributed by atoms with Crippen molar-refractivity contribution < 1.29 is 10.2 Å². The highest BCUT2D eigenvalue weighted by molar-refractivity contribution is 5.44. The second-order valence-electron chi connectivity index (χ2n) is 6.77. The van der Waals surface area contributed by atoms with Crippen LogP contribution in [-0.4, -0.2) is 34.5 Å². The molecule has 3 atom stereocenters. The van der Waals surface area contributed by atoms with Crippen molar-refractivity contribution in [3.8, 4) is 0 Å². The Balaban J connectivity index is 2.11. The second-order valence-corrected chi connectivity index (χ2v) is 6.77. The van der Waals surface area contributed by atoms with Crippen LogP contribution < -0.4 is 5.32 Å². The first kappa shape index (κ1) is 16.2. The molecule has 1 saturated carbocycles. The van der Waals surface area contributed by atoms with E-state index in [1.807, 2.05) is 60.7 Å². The highest BCUT2D eigenvalue weighted by Gasteiger charge is 2.54. The molecule has 0 heterocycles. The van der Waals surface area contributed by atoms with Gasteiger partial charge in [-0.15, -0.1) is 0 Å². The molecule has 3 nitrogen and oxygen atoms in total. The highest BCUT2D eigenvalue weighted by Crippen LogP contribution is 2.46. The minimum absolute atomic E-state index is 0.134. The number of rotatable bonds is 4. The molecule has 0 aromatic heterocycles. The molecule has 0 amide bonds. The molecule has 23 heavy (non-hydrogen) atoms. The van der Waals surface area contributed by atoms with E-state index in [4.69, 9.17) is 0 Å². The third-order valence-electron chi connectivity index (χ3n) is 4.91. The van der Waals surface area contributed by atoms with Gasteiger partial charge in [0, 0.05) is 12.1 Å². The summed E-state index contributed by atoms with van der Waals surface area (Å²) >= 11 is 0. The van der Waals surface area contributed by atoms with Crippen LogP contribution in [0.5, 0.6) is 0 Å². The Morgan fingerprint density at radius 3 is 1.83 bits per heavy atom. The van der Waals surface area contributed by atoms with E-state index >= 15 is 0 Å². The third-order valence-corrected chi connectivity index (χ3v) is 4.91. The first-order chi connectivity index (χ1) is 11.1. The number of aliphatic hydroxyl groups is 2. The maximum atomic E-state index is 11.0. The number of aliphatic hydroxyl groups excluding tert-OH is 2. The van der Waals surface area contributed by atoms with Crippen LogP contribution in [0.15, 0.2) is 60.7 Å². The van der Waals surface area contributed by atoms with Crippen molar-refractivity contribution in [2.75, 3.05) is 0 Å². The molecule has 0 spiro atoms. The fourth-order valence-electron chi connectivity index (χ4n) is 3.90. The van der Waals surface area contributed by atoms with Crippen LogP contribution in [-0.2, 0) is 5.41 Å². The van der Waals surface area contributed by atoms with Crippen molar-refractivity contribution in [3.63, 3.8) is 0 Å². The standard InChI is InChI=1S/C20H25NO2/c1-14(2)21-17-13-20(19(23)18(17)22,15-9-5-3-6-10-15)16-11-7-4-8-12-16/h3-12,14,17-19,21-23H,13H2,1-2H3/t17-,18+,19+/m1/s1. The van der Waals surface area contributed by atoms with E-state index < -0.39 is 17.6 Å². The predicted molar refractivity (Wildman–Crippen MR) is 92.4 cm³/mol. The lowest BCUT2D eigenvalue weighted by molar-refractivity contribution is 0.00809. The summed E-state index contributed by atoms with van der Waals surface area (Å²) in [4.78, 5) is 0. The molecule has 0 unspecified atom stereocenters. The summed E-state index contributed by atoms with van der Waals surface area (Å²) in [5, 5.41) is 25.1. The number of benzene rings is 2. The molecule has 3 heteroatoms. The van der Waals surface area contributed by atoms with Gasteiger partial charge in [0.25, 0.3) is 0 Å². The first-order valence-corrected chi connectivity index (χ1v) is 8.29. The zero-order valence-corrected chi connectivity index (χ0v) is 13.7. The fourth-order valence-corrected chi connectivity index (χ4v) is 3.90. The lowest BCUT2D eigenvalue weighted by Crippen LogP contribution is -2.44. The van der Waals surface area contributed by atoms with Crippen molar-refractivity contribution in [2.45, 2.75) is 50.0 Å². The van der Waals surface area contributed by atoms with Gasteiger partial charge < -0.3 is 15.5 Å². The second kappa shape index (κ2) is 6.44. The van der Waals surface area contributed by atoms with Crippen molar-refractivity contribution in [3.05, 3.63) is 71.8 Å². The largest absolute Gasteiger partial charge is 0.389 e. The summed E-state index contributed by atoms with van der Waals surface area (Å²) < 4.78 is 0. The summed E-state index contributed by atoms with van der Waals surface area (Å²) in [7, 11) is 0. The van der Waals surface area contributed by atoms with Crippen LogP contribution in [0.2, 0.25) is 0 Å². The molecule has 0 radical (unpaired) electrons. The zero-order valence-electron chi connectivity index (χ0n) is 13.7. The molecule has 0 aliphatic heterocycles. The minimum atomic E-state index is -0.844. The van der Waals surface area contributed by atoms with Crippen LogP contribution in [0, 0.1) is 0 Å². The van der Waals surface area contributed by atoms with Crippen LogP contribution in [0.1, 0.15) is 31.4 Å². The van der Waals surface area contributed by atoms with Gasteiger partial charge in [-0.05, 0) is 17.5 Å². The highest BCUT2D eigenvalue weighted by atomic mass is 16.3. The Kier molecular flexibility index (Phi) is 4.53.